The summed E-state index contributed by atoms with van der Waals surface area (Å²) >= 11 is 0. The summed E-state index contributed by atoms with van der Waals surface area (Å²) in [5.41, 5.74) is 0. The van der Waals surface area contributed by atoms with Crippen LogP contribution >= 0.6 is 0 Å². The Balaban J connectivity index is 0.000000500. The van der Waals surface area contributed by atoms with E-state index < -0.39 is 0 Å². The van der Waals surface area contributed by atoms with Gasteiger partial charge in [-0.3, -0.25) is 0 Å². The minimum absolute atomic E-state index is 0.825. The van der Waals surface area contributed by atoms with Crippen LogP contribution in [0.4, 0.5) is 0 Å². The maximum atomic E-state index is 5.39. The fourth-order valence-corrected chi connectivity index (χ4v) is 1.51. The first-order chi connectivity index (χ1) is 6.74. The predicted octanol–water partition coefficient (Wildman–Crippen LogP) is 2.78. The second-order valence-electron chi connectivity index (χ2n) is 4.11. The summed E-state index contributed by atoms with van der Waals surface area (Å²) in [7, 11) is 2.19. The largest absolute Gasteiger partial charge is 0.381 e. The van der Waals surface area contributed by atoms with Gasteiger partial charge in [0.2, 0.25) is 0 Å². The Hall–Kier alpha value is -0.0800. The minimum atomic E-state index is 0.825. The van der Waals surface area contributed by atoms with Crippen molar-refractivity contribution in [3.63, 3.8) is 0 Å². The van der Waals surface area contributed by atoms with E-state index in [4.69, 9.17) is 4.74 Å². The van der Waals surface area contributed by atoms with Crippen molar-refractivity contribution in [1.29, 1.82) is 0 Å². The van der Waals surface area contributed by atoms with E-state index in [0.29, 0.717) is 0 Å². The highest BCUT2D eigenvalue weighted by molar-refractivity contribution is 4.69. The van der Waals surface area contributed by atoms with E-state index >= 15 is 0 Å². The standard InChI is InChI=1S/C9H19NO.C3H8/c1-3-11-8-9-4-6-10(2)7-5-9;1-3-2/h9H,3-8H2,1-2H3;3H2,1-2H3. The zero-order chi connectivity index (χ0) is 10.8. The lowest BCUT2D eigenvalue weighted by atomic mass is 9.98. The molecule has 0 spiro atoms. The highest BCUT2D eigenvalue weighted by atomic mass is 16.5. The number of ether oxygens (including phenoxy) is 1. The molecule has 2 nitrogen and oxygen atoms in total. The number of piperidine rings is 1. The Bertz CT molecular complexity index is 106. The normalized spacial score (nSPS) is 18.9. The van der Waals surface area contributed by atoms with E-state index in [1.807, 2.05) is 0 Å². The molecule has 1 aliphatic heterocycles. The second kappa shape index (κ2) is 9.47. The summed E-state index contributed by atoms with van der Waals surface area (Å²) in [6.45, 7) is 10.7. The molecule has 0 atom stereocenters. The number of hydrogen-bond acceptors (Lipinski definition) is 2. The number of rotatable bonds is 3. The van der Waals surface area contributed by atoms with Gasteiger partial charge in [0.15, 0.2) is 0 Å². The topological polar surface area (TPSA) is 12.5 Å². The van der Waals surface area contributed by atoms with Crippen LogP contribution in [-0.2, 0) is 4.74 Å². The van der Waals surface area contributed by atoms with Crippen molar-refractivity contribution >= 4 is 0 Å². The third kappa shape index (κ3) is 7.34. The molecule has 0 aromatic carbocycles. The maximum absolute atomic E-state index is 5.39. The summed E-state index contributed by atoms with van der Waals surface area (Å²) in [6, 6.07) is 0. The zero-order valence-corrected chi connectivity index (χ0v) is 10.4. The van der Waals surface area contributed by atoms with Crippen LogP contribution in [0.5, 0.6) is 0 Å². The SMILES string of the molecule is CCC.CCOCC1CCN(C)CC1. The van der Waals surface area contributed by atoms with Crippen LogP contribution in [0.15, 0.2) is 0 Å². The van der Waals surface area contributed by atoms with Crippen molar-refractivity contribution in [1.82, 2.24) is 4.90 Å². The van der Waals surface area contributed by atoms with Gasteiger partial charge in [-0.1, -0.05) is 20.3 Å². The van der Waals surface area contributed by atoms with Crippen LogP contribution in [0, 0.1) is 5.92 Å². The van der Waals surface area contributed by atoms with Gasteiger partial charge in [-0.2, -0.15) is 0 Å². The van der Waals surface area contributed by atoms with Gasteiger partial charge in [0.05, 0.1) is 0 Å². The molecule has 1 fully saturated rings. The van der Waals surface area contributed by atoms with Crippen molar-refractivity contribution < 1.29 is 4.74 Å². The molecule has 1 rings (SSSR count). The second-order valence-corrected chi connectivity index (χ2v) is 4.11. The molecule has 0 amide bonds. The first-order valence-electron chi connectivity index (χ1n) is 6.00. The van der Waals surface area contributed by atoms with Crippen molar-refractivity contribution in [2.24, 2.45) is 5.92 Å². The molecule has 14 heavy (non-hydrogen) atoms. The van der Waals surface area contributed by atoms with Crippen LogP contribution in [0.3, 0.4) is 0 Å². The van der Waals surface area contributed by atoms with Gasteiger partial charge < -0.3 is 9.64 Å². The average Bonchev–Trinajstić information content (AvgIpc) is 2.18. The van der Waals surface area contributed by atoms with Crippen molar-refractivity contribution in [3.05, 3.63) is 0 Å². The Kier molecular flexibility index (Phi) is 9.42. The third-order valence-corrected chi connectivity index (χ3v) is 2.40. The van der Waals surface area contributed by atoms with E-state index in [2.05, 4.69) is 32.7 Å². The van der Waals surface area contributed by atoms with Crippen LogP contribution in [-0.4, -0.2) is 38.3 Å². The van der Waals surface area contributed by atoms with E-state index in [9.17, 15) is 0 Å². The molecule has 1 heterocycles. The predicted molar refractivity (Wildman–Crippen MR) is 62.7 cm³/mol. The van der Waals surface area contributed by atoms with Gasteiger partial charge in [-0.05, 0) is 45.8 Å². The number of nitrogens with zero attached hydrogens (tertiary/aromatic N) is 1. The Labute approximate surface area is 89.6 Å². The van der Waals surface area contributed by atoms with E-state index in [1.165, 1.54) is 32.4 Å². The summed E-state index contributed by atoms with van der Waals surface area (Å²) in [5.74, 6) is 0.825. The molecule has 0 aromatic heterocycles. The molecule has 86 valence electrons. The molecular weight excluding hydrogens is 174 g/mol. The number of hydrogen-bond donors (Lipinski definition) is 0. The van der Waals surface area contributed by atoms with Gasteiger partial charge in [-0.25, -0.2) is 0 Å². The quantitative estimate of drug-likeness (QED) is 0.696. The highest BCUT2D eigenvalue weighted by Gasteiger charge is 2.15. The smallest absolute Gasteiger partial charge is 0.0495 e. The van der Waals surface area contributed by atoms with Crippen molar-refractivity contribution in [3.8, 4) is 0 Å². The lowest BCUT2D eigenvalue weighted by molar-refractivity contribution is 0.0801. The fourth-order valence-electron chi connectivity index (χ4n) is 1.51. The molecule has 0 aromatic rings. The van der Waals surface area contributed by atoms with E-state index in [-0.39, 0.29) is 0 Å². The Morgan fingerprint density at radius 3 is 2.07 bits per heavy atom. The third-order valence-electron chi connectivity index (χ3n) is 2.40. The zero-order valence-electron chi connectivity index (χ0n) is 10.4. The first kappa shape index (κ1) is 13.9. The summed E-state index contributed by atoms with van der Waals surface area (Å²) in [5, 5.41) is 0. The molecule has 0 saturated carbocycles. The molecule has 0 unspecified atom stereocenters. The van der Waals surface area contributed by atoms with Gasteiger partial charge in [0, 0.05) is 13.2 Å². The lowest BCUT2D eigenvalue weighted by Crippen LogP contribution is -2.31. The monoisotopic (exact) mass is 201 g/mol. The number of likely N-dealkylation sites (tertiary alicyclic amines) is 1. The Morgan fingerprint density at radius 2 is 1.64 bits per heavy atom. The van der Waals surface area contributed by atoms with Crippen molar-refractivity contribution in [2.45, 2.75) is 40.0 Å². The first-order valence-corrected chi connectivity index (χ1v) is 6.00. The molecule has 2 heteroatoms. The van der Waals surface area contributed by atoms with Crippen LogP contribution in [0.25, 0.3) is 0 Å². The van der Waals surface area contributed by atoms with Crippen LogP contribution < -0.4 is 0 Å². The molecule has 0 bridgehead atoms. The van der Waals surface area contributed by atoms with Gasteiger partial charge in [0.1, 0.15) is 0 Å². The molecule has 0 aliphatic carbocycles. The summed E-state index contributed by atoms with van der Waals surface area (Å²) in [6.07, 6.45) is 3.88. The van der Waals surface area contributed by atoms with E-state index in [1.54, 1.807) is 0 Å². The van der Waals surface area contributed by atoms with Gasteiger partial charge in [0.25, 0.3) is 0 Å². The minimum Gasteiger partial charge on any atom is -0.381 e. The van der Waals surface area contributed by atoms with Gasteiger partial charge >= 0.3 is 0 Å². The van der Waals surface area contributed by atoms with Crippen LogP contribution in [0.1, 0.15) is 40.0 Å². The molecule has 1 aliphatic rings. The van der Waals surface area contributed by atoms with Gasteiger partial charge in [-0.15, -0.1) is 0 Å². The lowest BCUT2D eigenvalue weighted by Gasteiger charge is -2.28. The maximum Gasteiger partial charge on any atom is 0.0495 e. The molecule has 0 N–H and O–H groups in total. The average molecular weight is 201 g/mol. The molecular formula is C12H27NO. The van der Waals surface area contributed by atoms with Crippen LogP contribution in [0.2, 0.25) is 0 Å². The fraction of sp³-hybridized carbons (Fsp3) is 1.00. The summed E-state index contributed by atoms with van der Waals surface area (Å²) in [4.78, 5) is 2.39. The molecule has 1 saturated heterocycles. The Morgan fingerprint density at radius 1 is 1.14 bits per heavy atom. The highest BCUT2D eigenvalue weighted by Crippen LogP contribution is 2.15. The summed E-state index contributed by atoms with van der Waals surface area (Å²) < 4.78 is 5.39. The molecule has 0 radical (unpaired) electrons. The van der Waals surface area contributed by atoms with Crippen molar-refractivity contribution in [2.75, 3.05) is 33.4 Å². The van der Waals surface area contributed by atoms with E-state index in [0.717, 1.165) is 19.1 Å².